The van der Waals surface area contributed by atoms with Crippen molar-refractivity contribution < 1.29 is 4.52 Å². The summed E-state index contributed by atoms with van der Waals surface area (Å²) in [5.41, 5.74) is 6.89. The summed E-state index contributed by atoms with van der Waals surface area (Å²) in [4.78, 5) is 4.07. The molecule has 0 radical (unpaired) electrons. The molecule has 0 fully saturated rings. The van der Waals surface area contributed by atoms with Crippen molar-refractivity contribution in [3.8, 4) is 11.5 Å². The van der Waals surface area contributed by atoms with Crippen LogP contribution in [0, 0.1) is 6.92 Å². The minimum Gasteiger partial charge on any atom is -0.397 e. The maximum Gasteiger partial charge on any atom is 0.260 e. The third-order valence-corrected chi connectivity index (χ3v) is 2.14. The number of aryl methyl sites for hydroxylation is 1. The first-order chi connectivity index (χ1) is 6.68. The SMILES string of the molecule is Cc1noc(-c2cccc(Cl)c2N)n1. The molecular formula is C9H8ClN3O. The van der Waals surface area contributed by atoms with Gasteiger partial charge in [0.2, 0.25) is 0 Å². The molecule has 0 spiro atoms. The summed E-state index contributed by atoms with van der Waals surface area (Å²) in [6, 6.07) is 5.28. The number of halogens is 1. The van der Waals surface area contributed by atoms with Crippen molar-refractivity contribution in [2.24, 2.45) is 0 Å². The van der Waals surface area contributed by atoms with Gasteiger partial charge in [0.25, 0.3) is 5.89 Å². The van der Waals surface area contributed by atoms with Gasteiger partial charge in [-0.2, -0.15) is 4.98 Å². The molecule has 1 heterocycles. The van der Waals surface area contributed by atoms with E-state index in [1.54, 1.807) is 25.1 Å². The second kappa shape index (κ2) is 3.31. The van der Waals surface area contributed by atoms with E-state index in [0.29, 0.717) is 28.0 Å². The van der Waals surface area contributed by atoms with Gasteiger partial charge in [0.05, 0.1) is 16.3 Å². The van der Waals surface area contributed by atoms with Crippen molar-refractivity contribution in [1.29, 1.82) is 0 Å². The Labute approximate surface area is 85.7 Å². The van der Waals surface area contributed by atoms with Crippen LogP contribution >= 0.6 is 11.6 Å². The standard InChI is InChI=1S/C9H8ClN3O/c1-5-12-9(14-13-5)6-3-2-4-7(10)8(6)11/h2-4H,11H2,1H3. The van der Waals surface area contributed by atoms with E-state index in [4.69, 9.17) is 21.9 Å². The summed E-state index contributed by atoms with van der Waals surface area (Å²) in [5, 5.41) is 4.16. The van der Waals surface area contributed by atoms with Crippen LogP contribution in [0.5, 0.6) is 0 Å². The van der Waals surface area contributed by atoms with Crippen LogP contribution in [0.25, 0.3) is 11.5 Å². The summed E-state index contributed by atoms with van der Waals surface area (Å²) >= 11 is 5.86. The molecule has 0 aliphatic rings. The number of nitrogens with two attached hydrogens (primary N) is 1. The number of anilines is 1. The van der Waals surface area contributed by atoms with E-state index in [-0.39, 0.29) is 0 Å². The summed E-state index contributed by atoms with van der Waals surface area (Å²) < 4.78 is 4.99. The highest BCUT2D eigenvalue weighted by Gasteiger charge is 2.11. The van der Waals surface area contributed by atoms with Crippen molar-refractivity contribution in [3.63, 3.8) is 0 Å². The Kier molecular flexibility index (Phi) is 2.13. The van der Waals surface area contributed by atoms with Crippen LogP contribution in [0.15, 0.2) is 22.7 Å². The number of hydrogen-bond donors (Lipinski definition) is 1. The first-order valence-electron chi connectivity index (χ1n) is 4.03. The zero-order valence-electron chi connectivity index (χ0n) is 7.49. The van der Waals surface area contributed by atoms with Gasteiger partial charge in [0.1, 0.15) is 0 Å². The molecule has 2 N–H and O–H groups in total. The van der Waals surface area contributed by atoms with Gasteiger partial charge in [0, 0.05) is 0 Å². The van der Waals surface area contributed by atoms with Crippen LogP contribution in [0.1, 0.15) is 5.82 Å². The highest BCUT2D eigenvalue weighted by molar-refractivity contribution is 6.33. The maximum absolute atomic E-state index is 5.86. The van der Waals surface area contributed by atoms with E-state index in [0.717, 1.165) is 0 Å². The number of rotatable bonds is 1. The zero-order chi connectivity index (χ0) is 10.1. The third-order valence-electron chi connectivity index (χ3n) is 1.81. The molecule has 2 aromatic rings. The molecule has 0 saturated carbocycles. The Hall–Kier alpha value is -1.55. The fourth-order valence-corrected chi connectivity index (χ4v) is 1.30. The first-order valence-corrected chi connectivity index (χ1v) is 4.41. The van der Waals surface area contributed by atoms with Crippen LogP contribution in [0.4, 0.5) is 5.69 Å². The Morgan fingerprint density at radius 1 is 1.43 bits per heavy atom. The molecule has 1 aromatic heterocycles. The van der Waals surface area contributed by atoms with Crippen LogP contribution in [-0.4, -0.2) is 10.1 Å². The van der Waals surface area contributed by atoms with E-state index in [1.165, 1.54) is 0 Å². The number of benzene rings is 1. The molecular weight excluding hydrogens is 202 g/mol. The first kappa shape index (κ1) is 9.02. The second-order valence-electron chi connectivity index (χ2n) is 2.85. The van der Waals surface area contributed by atoms with Crippen LogP contribution in [-0.2, 0) is 0 Å². The van der Waals surface area contributed by atoms with Gasteiger partial charge in [-0.05, 0) is 19.1 Å². The molecule has 0 atom stereocenters. The predicted octanol–water partition coefficient (Wildman–Crippen LogP) is 2.28. The van der Waals surface area contributed by atoms with E-state index >= 15 is 0 Å². The fraction of sp³-hybridized carbons (Fsp3) is 0.111. The Morgan fingerprint density at radius 3 is 2.86 bits per heavy atom. The lowest BCUT2D eigenvalue weighted by molar-refractivity contribution is 0.426. The zero-order valence-corrected chi connectivity index (χ0v) is 8.25. The largest absolute Gasteiger partial charge is 0.397 e. The average Bonchev–Trinajstić information content (AvgIpc) is 2.57. The van der Waals surface area contributed by atoms with E-state index in [1.807, 2.05) is 0 Å². The molecule has 72 valence electrons. The van der Waals surface area contributed by atoms with Crippen molar-refractivity contribution in [3.05, 3.63) is 29.0 Å². The van der Waals surface area contributed by atoms with E-state index in [9.17, 15) is 0 Å². The topological polar surface area (TPSA) is 64.9 Å². The lowest BCUT2D eigenvalue weighted by atomic mass is 10.2. The monoisotopic (exact) mass is 209 g/mol. The van der Waals surface area contributed by atoms with Crippen molar-refractivity contribution >= 4 is 17.3 Å². The molecule has 0 bridgehead atoms. The smallest absolute Gasteiger partial charge is 0.260 e. The predicted molar refractivity (Wildman–Crippen MR) is 53.9 cm³/mol. The number of para-hydroxylation sites is 1. The van der Waals surface area contributed by atoms with Gasteiger partial charge in [-0.1, -0.05) is 22.8 Å². The number of nitrogen functional groups attached to an aromatic ring is 1. The van der Waals surface area contributed by atoms with Gasteiger partial charge < -0.3 is 10.3 Å². The summed E-state index contributed by atoms with van der Waals surface area (Å²) in [6.45, 7) is 1.74. The van der Waals surface area contributed by atoms with Crippen LogP contribution in [0.2, 0.25) is 5.02 Å². The molecule has 5 heteroatoms. The number of aromatic nitrogens is 2. The van der Waals surface area contributed by atoms with Gasteiger partial charge in [-0.3, -0.25) is 0 Å². The van der Waals surface area contributed by atoms with Crippen molar-refractivity contribution in [1.82, 2.24) is 10.1 Å². The lowest BCUT2D eigenvalue weighted by Gasteiger charge is -2.01. The van der Waals surface area contributed by atoms with Gasteiger partial charge in [-0.25, -0.2) is 0 Å². The average molecular weight is 210 g/mol. The number of hydrogen-bond acceptors (Lipinski definition) is 4. The quantitative estimate of drug-likeness (QED) is 0.732. The van der Waals surface area contributed by atoms with Gasteiger partial charge in [0.15, 0.2) is 5.82 Å². The summed E-state index contributed by atoms with van der Waals surface area (Å²) in [5.74, 6) is 0.960. The molecule has 0 unspecified atom stereocenters. The fourth-order valence-electron chi connectivity index (χ4n) is 1.13. The normalized spacial score (nSPS) is 10.4. The molecule has 14 heavy (non-hydrogen) atoms. The minimum atomic E-state index is 0.391. The molecule has 0 aliphatic carbocycles. The Balaban J connectivity index is 2.57. The van der Waals surface area contributed by atoms with Gasteiger partial charge >= 0.3 is 0 Å². The minimum absolute atomic E-state index is 0.391. The van der Waals surface area contributed by atoms with Crippen LogP contribution in [0.3, 0.4) is 0 Å². The molecule has 0 aliphatic heterocycles. The highest BCUT2D eigenvalue weighted by Crippen LogP contribution is 2.29. The van der Waals surface area contributed by atoms with Crippen molar-refractivity contribution in [2.75, 3.05) is 5.73 Å². The molecule has 1 aromatic carbocycles. The van der Waals surface area contributed by atoms with Gasteiger partial charge in [-0.15, -0.1) is 0 Å². The third kappa shape index (κ3) is 1.44. The summed E-state index contributed by atoms with van der Waals surface area (Å²) in [6.07, 6.45) is 0. The Morgan fingerprint density at radius 2 is 2.21 bits per heavy atom. The second-order valence-corrected chi connectivity index (χ2v) is 3.26. The highest BCUT2D eigenvalue weighted by atomic mass is 35.5. The lowest BCUT2D eigenvalue weighted by Crippen LogP contribution is -1.91. The maximum atomic E-state index is 5.86. The van der Waals surface area contributed by atoms with Crippen LogP contribution < -0.4 is 5.73 Å². The van der Waals surface area contributed by atoms with Crippen molar-refractivity contribution in [2.45, 2.75) is 6.92 Å². The molecule has 0 saturated heterocycles. The molecule has 4 nitrogen and oxygen atoms in total. The number of nitrogens with zero attached hydrogens (tertiary/aromatic N) is 2. The summed E-state index contributed by atoms with van der Waals surface area (Å²) in [7, 11) is 0. The molecule has 2 rings (SSSR count). The molecule has 0 amide bonds. The Bertz CT molecular complexity index is 467. The van der Waals surface area contributed by atoms with E-state index < -0.39 is 0 Å². The van der Waals surface area contributed by atoms with E-state index in [2.05, 4.69) is 10.1 Å².